The molecule has 2 rings (SSSR count). The number of ether oxygens (including phenoxy) is 4. The Bertz CT molecular complexity index is 329. The molecule has 0 bridgehead atoms. The quantitative estimate of drug-likeness (QED) is 0.691. The maximum Gasteiger partial charge on any atom is 0.302 e. The largest absolute Gasteiger partial charge is 0.463 e. The molecule has 0 saturated carbocycles. The van der Waals surface area contributed by atoms with E-state index in [-0.39, 0.29) is 36.9 Å². The normalized spacial score (nSPS) is 34.8. The summed E-state index contributed by atoms with van der Waals surface area (Å²) in [6, 6.07) is 0. The Morgan fingerprint density at radius 1 is 1.28 bits per heavy atom. The first-order chi connectivity index (χ1) is 8.56. The number of carbonyl (C=O) groups is 2. The molecule has 0 aromatic heterocycles. The monoisotopic (exact) mass is 258 g/mol. The minimum atomic E-state index is -0.447. The summed E-state index contributed by atoms with van der Waals surface area (Å²) in [6.45, 7) is 3.43. The van der Waals surface area contributed by atoms with Crippen LogP contribution < -0.4 is 0 Å². The van der Waals surface area contributed by atoms with E-state index in [1.54, 1.807) is 0 Å². The lowest BCUT2D eigenvalue weighted by molar-refractivity contribution is -0.235. The molecule has 0 amide bonds. The predicted molar refractivity (Wildman–Crippen MR) is 59.5 cm³/mol. The van der Waals surface area contributed by atoms with Gasteiger partial charge in [0.05, 0.1) is 6.61 Å². The summed E-state index contributed by atoms with van der Waals surface area (Å²) in [7, 11) is 0. The molecule has 102 valence electrons. The molecule has 0 radical (unpaired) electrons. The van der Waals surface area contributed by atoms with Gasteiger partial charge in [-0.3, -0.25) is 9.59 Å². The molecule has 2 aliphatic heterocycles. The van der Waals surface area contributed by atoms with Crippen molar-refractivity contribution in [3.8, 4) is 0 Å². The average Bonchev–Trinajstić information content (AvgIpc) is 2.71. The van der Waals surface area contributed by atoms with Crippen molar-refractivity contribution in [1.29, 1.82) is 0 Å². The predicted octanol–water partition coefficient (Wildman–Crippen LogP) is 0.633. The van der Waals surface area contributed by atoms with Gasteiger partial charge in [-0.15, -0.1) is 0 Å². The van der Waals surface area contributed by atoms with Gasteiger partial charge in [0.2, 0.25) is 0 Å². The van der Waals surface area contributed by atoms with Crippen molar-refractivity contribution < 1.29 is 28.5 Å². The van der Waals surface area contributed by atoms with Gasteiger partial charge in [-0.05, 0) is 12.8 Å². The Hall–Kier alpha value is -1.14. The topological polar surface area (TPSA) is 71.1 Å². The molecule has 0 spiro atoms. The number of hydrogen-bond donors (Lipinski definition) is 0. The van der Waals surface area contributed by atoms with E-state index in [1.807, 2.05) is 0 Å². The van der Waals surface area contributed by atoms with Crippen LogP contribution in [0.3, 0.4) is 0 Å². The highest BCUT2D eigenvalue weighted by atomic mass is 16.7. The first-order valence-electron chi connectivity index (χ1n) is 6.14. The van der Waals surface area contributed by atoms with E-state index < -0.39 is 6.10 Å². The van der Waals surface area contributed by atoms with Gasteiger partial charge in [-0.2, -0.15) is 0 Å². The summed E-state index contributed by atoms with van der Waals surface area (Å²) in [5.74, 6) is -0.480. The van der Waals surface area contributed by atoms with E-state index >= 15 is 0 Å². The molecule has 18 heavy (non-hydrogen) atoms. The number of carbonyl (C=O) groups excluding carboxylic acids is 2. The Kier molecular flexibility index (Phi) is 4.19. The highest BCUT2D eigenvalue weighted by Gasteiger charge is 2.43. The van der Waals surface area contributed by atoms with Gasteiger partial charge >= 0.3 is 11.9 Å². The lowest BCUT2D eigenvalue weighted by Gasteiger charge is -2.36. The van der Waals surface area contributed by atoms with E-state index in [2.05, 4.69) is 0 Å². The van der Waals surface area contributed by atoms with Crippen LogP contribution in [0.4, 0.5) is 0 Å². The molecule has 2 aliphatic rings. The van der Waals surface area contributed by atoms with Crippen molar-refractivity contribution in [1.82, 2.24) is 0 Å². The summed E-state index contributed by atoms with van der Waals surface area (Å²) >= 11 is 0. The van der Waals surface area contributed by atoms with E-state index in [4.69, 9.17) is 18.9 Å². The van der Waals surface area contributed by atoms with Crippen LogP contribution in [-0.2, 0) is 28.5 Å². The van der Waals surface area contributed by atoms with Crippen LogP contribution in [0.5, 0.6) is 0 Å². The van der Waals surface area contributed by atoms with Crippen LogP contribution in [0.1, 0.15) is 26.7 Å². The van der Waals surface area contributed by atoms with E-state index in [0.717, 1.165) is 6.42 Å². The zero-order chi connectivity index (χ0) is 13.1. The van der Waals surface area contributed by atoms with Gasteiger partial charge in [0, 0.05) is 19.8 Å². The fraction of sp³-hybridized carbons (Fsp3) is 0.833. The van der Waals surface area contributed by atoms with Gasteiger partial charge in [-0.25, -0.2) is 0 Å². The van der Waals surface area contributed by atoms with E-state index in [1.165, 1.54) is 13.8 Å². The summed E-state index contributed by atoms with van der Waals surface area (Å²) < 4.78 is 21.3. The van der Waals surface area contributed by atoms with Crippen LogP contribution in [0, 0.1) is 5.92 Å². The maximum atomic E-state index is 11.1. The molecule has 6 nitrogen and oxygen atoms in total. The van der Waals surface area contributed by atoms with Crippen LogP contribution in [0.25, 0.3) is 0 Å². The molecule has 0 unspecified atom stereocenters. The number of hydrogen-bond acceptors (Lipinski definition) is 6. The number of esters is 2. The highest BCUT2D eigenvalue weighted by Crippen LogP contribution is 2.34. The summed E-state index contributed by atoms with van der Waals surface area (Å²) in [5, 5.41) is 0. The molecule has 0 N–H and O–H groups in total. The Morgan fingerprint density at radius 3 is 2.72 bits per heavy atom. The maximum absolute atomic E-state index is 11.1. The Balaban J connectivity index is 1.97. The summed E-state index contributed by atoms with van der Waals surface area (Å²) in [4.78, 5) is 21.9. The van der Waals surface area contributed by atoms with E-state index in [0.29, 0.717) is 13.0 Å². The molecule has 0 aliphatic carbocycles. The van der Waals surface area contributed by atoms with Crippen LogP contribution in [0.2, 0.25) is 0 Å². The van der Waals surface area contributed by atoms with Gasteiger partial charge < -0.3 is 18.9 Å². The van der Waals surface area contributed by atoms with E-state index in [9.17, 15) is 9.59 Å². The number of fused-ring (bicyclic) bond motifs is 1. The zero-order valence-electron chi connectivity index (χ0n) is 10.6. The SMILES string of the molecule is CC(=O)OC[C@H]1O[C@@H]2OCC[C@@H]2C[C@@H]1OC(C)=O. The molecule has 4 atom stereocenters. The Morgan fingerprint density at radius 2 is 2.06 bits per heavy atom. The van der Waals surface area contributed by atoms with Crippen molar-refractivity contribution in [2.75, 3.05) is 13.2 Å². The average molecular weight is 258 g/mol. The summed E-state index contributed by atoms with van der Waals surface area (Å²) in [5.41, 5.74) is 0. The molecular weight excluding hydrogens is 240 g/mol. The zero-order valence-corrected chi connectivity index (χ0v) is 10.6. The van der Waals surface area contributed by atoms with Gasteiger partial charge in [0.15, 0.2) is 6.29 Å². The summed E-state index contributed by atoms with van der Waals surface area (Å²) in [6.07, 6.45) is 0.512. The molecule has 2 fully saturated rings. The van der Waals surface area contributed by atoms with Crippen molar-refractivity contribution in [2.45, 2.75) is 45.2 Å². The molecule has 0 aromatic rings. The Labute approximate surface area is 106 Å². The molecule has 0 aromatic carbocycles. The first-order valence-corrected chi connectivity index (χ1v) is 6.14. The van der Waals surface area contributed by atoms with Gasteiger partial charge in [-0.1, -0.05) is 0 Å². The smallest absolute Gasteiger partial charge is 0.302 e. The fourth-order valence-electron chi connectivity index (χ4n) is 2.38. The van der Waals surface area contributed by atoms with Crippen molar-refractivity contribution in [3.05, 3.63) is 0 Å². The second kappa shape index (κ2) is 5.67. The third-order valence-corrected chi connectivity index (χ3v) is 3.18. The van der Waals surface area contributed by atoms with Crippen molar-refractivity contribution >= 4 is 11.9 Å². The fourth-order valence-corrected chi connectivity index (χ4v) is 2.38. The number of rotatable bonds is 3. The van der Waals surface area contributed by atoms with Crippen molar-refractivity contribution in [3.63, 3.8) is 0 Å². The molecule has 2 saturated heterocycles. The second-order valence-corrected chi connectivity index (χ2v) is 4.65. The minimum absolute atomic E-state index is 0.0832. The van der Waals surface area contributed by atoms with Crippen LogP contribution in [-0.4, -0.2) is 43.7 Å². The highest BCUT2D eigenvalue weighted by molar-refractivity contribution is 5.66. The third kappa shape index (κ3) is 3.20. The lowest BCUT2D eigenvalue weighted by Crippen LogP contribution is -2.47. The van der Waals surface area contributed by atoms with Gasteiger partial charge in [0.1, 0.15) is 18.8 Å². The van der Waals surface area contributed by atoms with Crippen LogP contribution in [0.15, 0.2) is 0 Å². The van der Waals surface area contributed by atoms with Crippen molar-refractivity contribution in [2.24, 2.45) is 5.92 Å². The molecular formula is C12H18O6. The van der Waals surface area contributed by atoms with Crippen LogP contribution >= 0.6 is 0 Å². The first kappa shape index (κ1) is 13.3. The molecule has 2 heterocycles. The minimum Gasteiger partial charge on any atom is -0.463 e. The lowest BCUT2D eigenvalue weighted by atomic mass is 9.93. The molecule has 6 heteroatoms. The van der Waals surface area contributed by atoms with Gasteiger partial charge in [0.25, 0.3) is 0 Å². The second-order valence-electron chi connectivity index (χ2n) is 4.65. The third-order valence-electron chi connectivity index (χ3n) is 3.18. The standard InChI is InChI=1S/C12H18O6/c1-7(13)16-6-11-10(17-8(2)14)5-9-3-4-15-12(9)18-11/h9-12H,3-6H2,1-2H3/t9-,10+,11-,12+/m1/s1.